The summed E-state index contributed by atoms with van der Waals surface area (Å²) in [5.74, 6) is -0.829. The van der Waals surface area contributed by atoms with Gasteiger partial charge in [-0.25, -0.2) is 0 Å². The smallest absolute Gasteiger partial charge is 0.127 e. The molecule has 0 saturated heterocycles. The number of hydrogen-bond acceptors (Lipinski definition) is 4. The maximum absolute atomic E-state index is 10.0. The van der Waals surface area contributed by atoms with Crippen molar-refractivity contribution in [1.29, 1.82) is 0 Å². The molecule has 4 nitrogen and oxygen atoms in total. The first-order valence-corrected chi connectivity index (χ1v) is 2.94. The van der Waals surface area contributed by atoms with Crippen molar-refractivity contribution in [1.82, 2.24) is 0 Å². The van der Waals surface area contributed by atoms with Gasteiger partial charge in [0.1, 0.15) is 12.6 Å². The van der Waals surface area contributed by atoms with Crippen molar-refractivity contribution >= 4 is 12.6 Å². The maximum Gasteiger partial charge on any atom is 0.127 e. The van der Waals surface area contributed by atoms with Crippen LogP contribution >= 0.6 is 0 Å². The molecule has 2 N–H and O–H groups in total. The van der Waals surface area contributed by atoms with Crippen LogP contribution in [0.1, 0.15) is 6.42 Å². The number of aliphatic hydroxyl groups is 2. The summed E-state index contributed by atoms with van der Waals surface area (Å²) in [5.41, 5.74) is 0. The molecule has 0 aromatic heterocycles. The molecule has 0 aliphatic carbocycles. The first-order valence-electron chi connectivity index (χ1n) is 2.94. The third kappa shape index (κ3) is 2.70. The van der Waals surface area contributed by atoms with E-state index in [1.807, 2.05) is 0 Å². The van der Waals surface area contributed by atoms with Crippen molar-refractivity contribution in [2.45, 2.75) is 12.5 Å². The molecule has 0 saturated carbocycles. The monoisotopic (exact) mass is 146 g/mol. The van der Waals surface area contributed by atoms with Crippen LogP contribution in [0, 0.1) is 5.92 Å². The Balaban J connectivity index is 3.74. The lowest BCUT2D eigenvalue weighted by Gasteiger charge is -2.10. The van der Waals surface area contributed by atoms with Gasteiger partial charge in [0.2, 0.25) is 0 Å². The van der Waals surface area contributed by atoms with E-state index in [-0.39, 0.29) is 6.42 Å². The topological polar surface area (TPSA) is 74.6 Å². The number of aldehydes is 2. The Morgan fingerprint density at radius 3 is 2.30 bits per heavy atom. The Morgan fingerprint density at radius 2 is 2.00 bits per heavy atom. The predicted molar refractivity (Wildman–Crippen MR) is 33.3 cm³/mol. The summed E-state index contributed by atoms with van der Waals surface area (Å²) in [6.45, 7) is -0.418. The Hall–Kier alpha value is -0.740. The zero-order valence-corrected chi connectivity index (χ0v) is 5.43. The zero-order valence-electron chi connectivity index (χ0n) is 5.43. The SMILES string of the molecule is O=CCC(O)C(C=O)CO. The van der Waals surface area contributed by atoms with E-state index in [9.17, 15) is 9.59 Å². The predicted octanol–water partition coefficient (Wildman–Crippen LogP) is -1.26. The normalized spacial score (nSPS) is 15.8. The number of aliphatic hydroxyl groups excluding tert-OH is 2. The molecule has 58 valence electrons. The molecule has 0 aliphatic rings. The zero-order chi connectivity index (χ0) is 7.98. The van der Waals surface area contributed by atoms with Crippen LogP contribution in [0.15, 0.2) is 0 Å². The van der Waals surface area contributed by atoms with Crippen LogP contribution in [0.2, 0.25) is 0 Å². The molecular weight excluding hydrogens is 136 g/mol. The molecule has 0 aromatic rings. The van der Waals surface area contributed by atoms with Gasteiger partial charge in [-0.2, -0.15) is 0 Å². The lowest BCUT2D eigenvalue weighted by molar-refractivity contribution is -0.117. The molecule has 0 spiro atoms. The lowest BCUT2D eigenvalue weighted by Crippen LogP contribution is -2.25. The van der Waals surface area contributed by atoms with Gasteiger partial charge < -0.3 is 19.8 Å². The highest BCUT2D eigenvalue weighted by molar-refractivity contribution is 5.57. The Bertz CT molecular complexity index is 112. The van der Waals surface area contributed by atoms with Gasteiger partial charge in [0.25, 0.3) is 0 Å². The fourth-order valence-electron chi connectivity index (χ4n) is 0.529. The fourth-order valence-corrected chi connectivity index (χ4v) is 0.529. The summed E-state index contributed by atoms with van der Waals surface area (Å²) in [6, 6.07) is 0. The van der Waals surface area contributed by atoms with Gasteiger partial charge in [0, 0.05) is 6.42 Å². The van der Waals surface area contributed by atoms with Crippen LogP contribution in [-0.2, 0) is 9.59 Å². The number of carbonyl (C=O) groups is 2. The molecule has 0 heterocycles. The Kier molecular flexibility index (Phi) is 4.70. The van der Waals surface area contributed by atoms with Crippen molar-refractivity contribution in [2.24, 2.45) is 5.92 Å². The van der Waals surface area contributed by atoms with E-state index < -0.39 is 18.6 Å². The van der Waals surface area contributed by atoms with E-state index in [4.69, 9.17) is 10.2 Å². The van der Waals surface area contributed by atoms with E-state index in [1.54, 1.807) is 0 Å². The molecule has 0 bridgehead atoms. The molecule has 0 rings (SSSR count). The van der Waals surface area contributed by atoms with Crippen LogP contribution in [0.4, 0.5) is 0 Å². The molecule has 2 atom stereocenters. The van der Waals surface area contributed by atoms with Gasteiger partial charge in [-0.15, -0.1) is 0 Å². The summed E-state index contributed by atoms with van der Waals surface area (Å²) < 4.78 is 0. The third-order valence-corrected chi connectivity index (χ3v) is 1.22. The van der Waals surface area contributed by atoms with Crippen molar-refractivity contribution in [2.75, 3.05) is 6.61 Å². The first-order chi connectivity index (χ1) is 4.76. The molecule has 0 aliphatic heterocycles. The molecule has 0 fully saturated rings. The largest absolute Gasteiger partial charge is 0.396 e. The van der Waals surface area contributed by atoms with Gasteiger partial charge in [-0.05, 0) is 0 Å². The molecule has 0 radical (unpaired) electrons. The van der Waals surface area contributed by atoms with E-state index >= 15 is 0 Å². The second kappa shape index (κ2) is 5.08. The number of rotatable bonds is 5. The van der Waals surface area contributed by atoms with Gasteiger partial charge in [-0.3, -0.25) is 0 Å². The van der Waals surface area contributed by atoms with Gasteiger partial charge in [0.15, 0.2) is 0 Å². The average molecular weight is 146 g/mol. The molecule has 4 heteroatoms. The van der Waals surface area contributed by atoms with Crippen molar-refractivity contribution in [3.05, 3.63) is 0 Å². The molecule has 10 heavy (non-hydrogen) atoms. The van der Waals surface area contributed by atoms with Crippen LogP contribution in [0.25, 0.3) is 0 Å². The highest BCUT2D eigenvalue weighted by Crippen LogP contribution is 2.01. The molecule has 0 aromatic carbocycles. The molecule has 0 amide bonds. The standard InChI is InChI=1S/C6H10O4/c7-2-1-6(10)5(3-8)4-9/h2-3,5-6,9-10H,1,4H2. The van der Waals surface area contributed by atoms with E-state index in [2.05, 4.69) is 0 Å². The minimum absolute atomic E-state index is 0.107. The minimum Gasteiger partial charge on any atom is -0.396 e. The second-order valence-corrected chi connectivity index (χ2v) is 1.95. The Labute approximate surface area is 58.5 Å². The van der Waals surface area contributed by atoms with Crippen LogP contribution in [0.5, 0.6) is 0 Å². The van der Waals surface area contributed by atoms with Crippen LogP contribution in [0.3, 0.4) is 0 Å². The van der Waals surface area contributed by atoms with Crippen LogP contribution < -0.4 is 0 Å². The summed E-state index contributed by atoms with van der Waals surface area (Å²) in [4.78, 5) is 19.8. The summed E-state index contributed by atoms with van der Waals surface area (Å²) in [5, 5.41) is 17.3. The van der Waals surface area contributed by atoms with Crippen molar-refractivity contribution < 1.29 is 19.8 Å². The van der Waals surface area contributed by atoms with Gasteiger partial charge in [-0.1, -0.05) is 0 Å². The number of hydrogen-bond donors (Lipinski definition) is 2. The average Bonchev–Trinajstić information content (AvgIpc) is 1.91. The van der Waals surface area contributed by atoms with Crippen molar-refractivity contribution in [3.8, 4) is 0 Å². The Morgan fingerprint density at radius 1 is 1.40 bits per heavy atom. The van der Waals surface area contributed by atoms with Crippen molar-refractivity contribution in [3.63, 3.8) is 0 Å². The minimum atomic E-state index is -1.04. The second-order valence-electron chi connectivity index (χ2n) is 1.95. The van der Waals surface area contributed by atoms with Gasteiger partial charge in [0.05, 0.1) is 18.6 Å². The van der Waals surface area contributed by atoms with Crippen LogP contribution in [-0.4, -0.2) is 35.5 Å². The first kappa shape index (κ1) is 9.26. The summed E-state index contributed by atoms with van der Waals surface area (Å²) in [6.07, 6.45) is -0.199. The number of carbonyl (C=O) groups excluding carboxylic acids is 2. The quantitative estimate of drug-likeness (QED) is 0.475. The highest BCUT2D eigenvalue weighted by Gasteiger charge is 2.16. The molecular formula is C6H10O4. The highest BCUT2D eigenvalue weighted by atomic mass is 16.3. The third-order valence-electron chi connectivity index (χ3n) is 1.22. The van der Waals surface area contributed by atoms with E-state index in [1.165, 1.54) is 0 Å². The summed E-state index contributed by atoms with van der Waals surface area (Å²) >= 11 is 0. The fraction of sp³-hybridized carbons (Fsp3) is 0.667. The summed E-state index contributed by atoms with van der Waals surface area (Å²) in [7, 11) is 0. The maximum atomic E-state index is 10.0. The lowest BCUT2D eigenvalue weighted by atomic mass is 10.0. The van der Waals surface area contributed by atoms with E-state index in [0.717, 1.165) is 0 Å². The molecule has 2 unspecified atom stereocenters. The van der Waals surface area contributed by atoms with E-state index in [0.29, 0.717) is 12.6 Å². The van der Waals surface area contributed by atoms with Gasteiger partial charge >= 0.3 is 0 Å².